The molecule has 4 rings (SSSR count). The second-order valence-electron chi connectivity index (χ2n) is 6.24. The Bertz CT molecular complexity index is 983. The maximum absolute atomic E-state index is 12.8. The highest BCUT2D eigenvalue weighted by atomic mass is 79.9. The number of anilines is 1. The van der Waals surface area contributed by atoms with Crippen LogP contribution in [0.2, 0.25) is 0 Å². The molecular weight excluding hydrogens is 410 g/mol. The lowest BCUT2D eigenvalue weighted by atomic mass is 10.1. The molecule has 2 aromatic carbocycles. The minimum absolute atomic E-state index is 0.215. The standard InChI is InChI=1S/C20H18BrN3O3/c1-24-12-16(20(25)22-15-6-4-14(21)5-7-15)19(23-24)13-3-8-17-18(11-13)27-10-2-9-26-17/h3-8,11-12H,2,9-10H2,1H3,(H,22,25). The maximum Gasteiger partial charge on any atom is 0.259 e. The van der Waals surface area contributed by atoms with Gasteiger partial charge in [0.2, 0.25) is 0 Å². The topological polar surface area (TPSA) is 65.4 Å². The van der Waals surface area contributed by atoms with Crippen LogP contribution in [0.15, 0.2) is 53.1 Å². The summed E-state index contributed by atoms with van der Waals surface area (Å²) in [5, 5.41) is 7.39. The molecule has 0 fully saturated rings. The highest BCUT2D eigenvalue weighted by molar-refractivity contribution is 9.10. The lowest BCUT2D eigenvalue weighted by Gasteiger charge is -2.09. The van der Waals surface area contributed by atoms with Crippen LogP contribution in [0.1, 0.15) is 16.8 Å². The second-order valence-corrected chi connectivity index (χ2v) is 7.15. The first-order chi connectivity index (χ1) is 13.1. The van der Waals surface area contributed by atoms with E-state index in [4.69, 9.17) is 9.47 Å². The number of nitrogens with one attached hydrogen (secondary N) is 1. The van der Waals surface area contributed by atoms with Crippen LogP contribution in [-0.2, 0) is 7.05 Å². The fourth-order valence-electron chi connectivity index (χ4n) is 2.91. The molecule has 7 heteroatoms. The zero-order chi connectivity index (χ0) is 18.8. The molecule has 0 aliphatic carbocycles. The van der Waals surface area contributed by atoms with Gasteiger partial charge in [-0.3, -0.25) is 9.48 Å². The van der Waals surface area contributed by atoms with Crippen molar-refractivity contribution >= 4 is 27.5 Å². The van der Waals surface area contributed by atoms with Crippen LogP contribution in [0.3, 0.4) is 0 Å². The number of hydrogen-bond acceptors (Lipinski definition) is 4. The summed E-state index contributed by atoms with van der Waals surface area (Å²) in [5.74, 6) is 1.18. The van der Waals surface area contributed by atoms with E-state index in [9.17, 15) is 4.79 Å². The summed E-state index contributed by atoms with van der Waals surface area (Å²) < 4.78 is 14.0. The van der Waals surface area contributed by atoms with Gasteiger partial charge in [-0.2, -0.15) is 5.10 Å². The molecule has 3 aromatic rings. The fraction of sp³-hybridized carbons (Fsp3) is 0.200. The number of nitrogens with zero attached hydrogens (tertiary/aromatic N) is 2. The average molecular weight is 428 g/mol. The van der Waals surface area contributed by atoms with E-state index < -0.39 is 0 Å². The van der Waals surface area contributed by atoms with Crippen LogP contribution < -0.4 is 14.8 Å². The first-order valence-electron chi connectivity index (χ1n) is 8.61. The summed E-state index contributed by atoms with van der Waals surface area (Å²) in [6, 6.07) is 13.1. The van der Waals surface area contributed by atoms with E-state index in [-0.39, 0.29) is 5.91 Å². The largest absolute Gasteiger partial charge is 0.490 e. The maximum atomic E-state index is 12.8. The summed E-state index contributed by atoms with van der Waals surface area (Å²) in [4.78, 5) is 12.8. The molecule has 0 atom stereocenters. The number of hydrogen-bond donors (Lipinski definition) is 1. The molecule has 27 heavy (non-hydrogen) atoms. The van der Waals surface area contributed by atoms with Crippen molar-refractivity contribution in [3.05, 3.63) is 58.7 Å². The Morgan fingerprint density at radius 3 is 2.63 bits per heavy atom. The number of carbonyl (C=O) groups is 1. The highest BCUT2D eigenvalue weighted by Gasteiger charge is 2.20. The third-order valence-corrected chi connectivity index (χ3v) is 4.73. The fourth-order valence-corrected chi connectivity index (χ4v) is 3.17. The Labute approximate surface area is 165 Å². The van der Waals surface area contributed by atoms with Crippen molar-refractivity contribution in [2.24, 2.45) is 7.05 Å². The molecule has 1 aliphatic rings. The van der Waals surface area contributed by atoms with Gasteiger partial charge in [0, 0.05) is 35.4 Å². The molecule has 1 aromatic heterocycles. The first kappa shape index (κ1) is 17.6. The zero-order valence-electron chi connectivity index (χ0n) is 14.7. The molecule has 0 saturated heterocycles. The number of aryl methyl sites for hydroxylation is 1. The monoisotopic (exact) mass is 427 g/mol. The van der Waals surface area contributed by atoms with Crippen molar-refractivity contribution in [1.29, 1.82) is 0 Å². The Balaban J connectivity index is 1.65. The highest BCUT2D eigenvalue weighted by Crippen LogP contribution is 2.35. The van der Waals surface area contributed by atoms with Crippen molar-refractivity contribution in [2.75, 3.05) is 18.5 Å². The normalized spacial score (nSPS) is 13.1. The summed E-state index contributed by atoms with van der Waals surface area (Å²) >= 11 is 3.39. The molecule has 0 radical (unpaired) electrons. The van der Waals surface area contributed by atoms with E-state index in [1.54, 1.807) is 17.9 Å². The van der Waals surface area contributed by atoms with E-state index in [0.717, 1.165) is 22.1 Å². The van der Waals surface area contributed by atoms with Gasteiger partial charge in [0.15, 0.2) is 11.5 Å². The number of ether oxygens (including phenoxy) is 2. The van der Waals surface area contributed by atoms with Gasteiger partial charge >= 0.3 is 0 Å². The number of carbonyl (C=O) groups excluding carboxylic acids is 1. The Hall–Kier alpha value is -2.80. The second kappa shape index (κ2) is 7.44. The minimum atomic E-state index is -0.215. The molecule has 0 unspecified atom stereocenters. The predicted molar refractivity (Wildman–Crippen MR) is 106 cm³/mol. The molecule has 1 N–H and O–H groups in total. The summed E-state index contributed by atoms with van der Waals surface area (Å²) in [5.41, 5.74) is 2.62. The van der Waals surface area contributed by atoms with Crippen molar-refractivity contribution in [3.63, 3.8) is 0 Å². The van der Waals surface area contributed by atoms with Crippen LogP contribution >= 0.6 is 15.9 Å². The number of aromatic nitrogens is 2. The number of fused-ring (bicyclic) bond motifs is 1. The quantitative estimate of drug-likeness (QED) is 0.677. The van der Waals surface area contributed by atoms with Crippen LogP contribution in [0, 0.1) is 0 Å². The lowest BCUT2D eigenvalue weighted by Crippen LogP contribution is -2.12. The van der Waals surface area contributed by atoms with Crippen LogP contribution in [0.5, 0.6) is 11.5 Å². The Kier molecular flexibility index (Phi) is 4.85. The third kappa shape index (κ3) is 3.83. The Morgan fingerprint density at radius 2 is 1.85 bits per heavy atom. The van der Waals surface area contributed by atoms with Crippen molar-refractivity contribution in [2.45, 2.75) is 6.42 Å². The van der Waals surface area contributed by atoms with Crippen molar-refractivity contribution in [3.8, 4) is 22.8 Å². The van der Waals surface area contributed by atoms with Crippen LogP contribution in [0.4, 0.5) is 5.69 Å². The number of rotatable bonds is 3. The molecule has 0 spiro atoms. The van der Waals surface area contributed by atoms with Crippen molar-refractivity contribution < 1.29 is 14.3 Å². The smallest absolute Gasteiger partial charge is 0.259 e. The van der Waals surface area contributed by atoms with E-state index >= 15 is 0 Å². The van der Waals surface area contributed by atoms with Gasteiger partial charge in [-0.15, -0.1) is 0 Å². The predicted octanol–water partition coefficient (Wildman–Crippen LogP) is 4.26. The van der Waals surface area contributed by atoms with E-state index in [2.05, 4.69) is 26.3 Å². The molecule has 1 aliphatic heterocycles. The van der Waals surface area contributed by atoms with E-state index in [1.165, 1.54) is 0 Å². The van der Waals surface area contributed by atoms with Gasteiger partial charge < -0.3 is 14.8 Å². The number of amides is 1. The van der Waals surface area contributed by atoms with E-state index in [1.807, 2.05) is 42.5 Å². The SMILES string of the molecule is Cn1cc(C(=O)Nc2ccc(Br)cc2)c(-c2ccc3c(c2)OCCCO3)n1. The van der Waals surface area contributed by atoms with Crippen molar-refractivity contribution in [1.82, 2.24) is 9.78 Å². The summed E-state index contributed by atoms with van der Waals surface area (Å²) in [7, 11) is 1.79. The van der Waals surface area contributed by atoms with Gasteiger partial charge in [0.1, 0.15) is 5.69 Å². The van der Waals surface area contributed by atoms with Gasteiger partial charge in [-0.1, -0.05) is 15.9 Å². The van der Waals surface area contributed by atoms with Gasteiger partial charge in [0.25, 0.3) is 5.91 Å². The van der Waals surface area contributed by atoms with E-state index in [0.29, 0.717) is 36.0 Å². The third-order valence-electron chi connectivity index (χ3n) is 4.20. The molecule has 0 saturated carbocycles. The molecule has 0 bridgehead atoms. The summed E-state index contributed by atoms with van der Waals surface area (Å²) in [6.45, 7) is 1.24. The molecular formula is C20H18BrN3O3. The molecule has 6 nitrogen and oxygen atoms in total. The molecule has 2 heterocycles. The summed E-state index contributed by atoms with van der Waals surface area (Å²) in [6.07, 6.45) is 2.56. The van der Waals surface area contributed by atoms with Gasteiger partial charge in [0.05, 0.1) is 18.8 Å². The lowest BCUT2D eigenvalue weighted by molar-refractivity contribution is 0.102. The van der Waals surface area contributed by atoms with Crippen LogP contribution in [0.25, 0.3) is 11.3 Å². The minimum Gasteiger partial charge on any atom is -0.490 e. The molecule has 1 amide bonds. The van der Waals surface area contributed by atoms with Crippen LogP contribution in [-0.4, -0.2) is 28.9 Å². The van der Waals surface area contributed by atoms with Gasteiger partial charge in [-0.05, 0) is 42.5 Å². The first-order valence-corrected chi connectivity index (χ1v) is 9.40. The molecule has 138 valence electrons. The number of benzene rings is 2. The van der Waals surface area contributed by atoms with Gasteiger partial charge in [-0.25, -0.2) is 0 Å². The zero-order valence-corrected chi connectivity index (χ0v) is 16.3. The number of halogens is 1. The Morgan fingerprint density at radius 1 is 1.11 bits per heavy atom. The average Bonchev–Trinajstić information content (AvgIpc) is 2.91.